The second-order valence-electron chi connectivity index (χ2n) is 6.50. The molecule has 0 spiro atoms. The number of nitrogens with zero attached hydrogens (tertiary/aromatic N) is 1. The lowest BCUT2D eigenvalue weighted by Crippen LogP contribution is -2.23. The highest BCUT2D eigenvalue weighted by Gasteiger charge is 2.21. The summed E-state index contributed by atoms with van der Waals surface area (Å²) in [5.74, 6) is 2.42. The second-order valence-corrected chi connectivity index (χ2v) is 6.50. The van der Waals surface area contributed by atoms with E-state index in [0.29, 0.717) is 31.6 Å². The van der Waals surface area contributed by atoms with E-state index in [2.05, 4.69) is 34.6 Å². The van der Waals surface area contributed by atoms with Crippen molar-refractivity contribution in [1.29, 1.82) is 0 Å². The molecule has 0 aromatic heterocycles. The third-order valence-electron chi connectivity index (χ3n) is 4.76. The maximum absolute atomic E-state index is 6.08. The van der Waals surface area contributed by atoms with E-state index >= 15 is 0 Å². The smallest absolute Gasteiger partial charge is 0.193 e. The normalized spacial score (nSPS) is 18.5. The van der Waals surface area contributed by atoms with Crippen molar-refractivity contribution in [1.82, 2.24) is 0 Å². The van der Waals surface area contributed by atoms with Gasteiger partial charge in [0.2, 0.25) is 0 Å². The molecule has 0 radical (unpaired) electrons. The fourth-order valence-electron chi connectivity index (χ4n) is 3.47. The van der Waals surface area contributed by atoms with Gasteiger partial charge in [-0.05, 0) is 36.1 Å². The fraction of sp³-hybridized carbons (Fsp3) is 0.350. The molecular formula is C20H24IN3O2. The van der Waals surface area contributed by atoms with Crippen LogP contribution in [0.15, 0.2) is 47.5 Å². The maximum Gasteiger partial charge on any atom is 0.193 e. The van der Waals surface area contributed by atoms with Gasteiger partial charge in [-0.1, -0.05) is 24.3 Å². The van der Waals surface area contributed by atoms with E-state index in [-0.39, 0.29) is 24.0 Å². The van der Waals surface area contributed by atoms with Crippen LogP contribution in [0, 0.1) is 0 Å². The number of aliphatic imine (C=N–C) groups is 1. The van der Waals surface area contributed by atoms with Gasteiger partial charge in [0.05, 0.1) is 13.2 Å². The molecule has 1 aliphatic heterocycles. The van der Waals surface area contributed by atoms with E-state index in [1.165, 1.54) is 11.1 Å². The Morgan fingerprint density at radius 1 is 1.12 bits per heavy atom. The highest BCUT2D eigenvalue weighted by Crippen LogP contribution is 2.33. The Hall–Kier alpha value is -1.96. The third kappa shape index (κ3) is 4.23. The Kier molecular flexibility index (Phi) is 6.24. The van der Waals surface area contributed by atoms with Gasteiger partial charge in [0.1, 0.15) is 0 Å². The van der Waals surface area contributed by atoms with E-state index in [0.717, 1.165) is 36.4 Å². The Morgan fingerprint density at radius 2 is 1.92 bits per heavy atom. The van der Waals surface area contributed by atoms with Gasteiger partial charge < -0.3 is 20.5 Å². The van der Waals surface area contributed by atoms with Gasteiger partial charge in [-0.15, -0.1) is 24.0 Å². The van der Waals surface area contributed by atoms with E-state index < -0.39 is 0 Å². The van der Waals surface area contributed by atoms with Crippen LogP contribution in [0.1, 0.15) is 29.9 Å². The Balaban J connectivity index is 0.00000196. The number of nitrogens with one attached hydrogen (secondary N) is 1. The molecule has 138 valence electrons. The van der Waals surface area contributed by atoms with Crippen molar-refractivity contribution in [3.8, 4) is 11.5 Å². The summed E-state index contributed by atoms with van der Waals surface area (Å²) in [6.45, 7) is 2.06. The summed E-state index contributed by atoms with van der Waals surface area (Å²) in [6, 6.07) is 14.4. The van der Waals surface area contributed by atoms with E-state index in [9.17, 15) is 0 Å². The van der Waals surface area contributed by atoms with Gasteiger partial charge in [0, 0.05) is 30.6 Å². The van der Waals surface area contributed by atoms with E-state index in [1.54, 1.807) is 0 Å². The lowest BCUT2D eigenvalue weighted by Gasteiger charge is -2.12. The molecule has 0 fully saturated rings. The molecule has 1 atom stereocenters. The van der Waals surface area contributed by atoms with E-state index in [4.69, 9.17) is 15.2 Å². The fourth-order valence-corrected chi connectivity index (χ4v) is 3.47. The molecule has 2 aromatic rings. The predicted octanol–water partition coefficient (Wildman–Crippen LogP) is 3.92. The summed E-state index contributed by atoms with van der Waals surface area (Å²) in [4.78, 5) is 4.54. The number of aryl methyl sites for hydroxylation is 1. The number of fused-ring (bicyclic) bond motifs is 2. The summed E-state index contributed by atoms with van der Waals surface area (Å²) >= 11 is 0. The van der Waals surface area contributed by atoms with Crippen LogP contribution in [0.3, 0.4) is 0 Å². The van der Waals surface area contributed by atoms with Crippen molar-refractivity contribution in [2.45, 2.75) is 25.2 Å². The molecule has 0 amide bonds. The van der Waals surface area contributed by atoms with Crippen molar-refractivity contribution < 1.29 is 9.47 Å². The molecule has 2 aromatic carbocycles. The van der Waals surface area contributed by atoms with Crippen molar-refractivity contribution in [2.75, 3.05) is 25.1 Å². The highest BCUT2D eigenvalue weighted by atomic mass is 127. The van der Waals surface area contributed by atoms with Crippen molar-refractivity contribution in [3.63, 3.8) is 0 Å². The van der Waals surface area contributed by atoms with Crippen LogP contribution in [-0.4, -0.2) is 25.7 Å². The van der Waals surface area contributed by atoms with Gasteiger partial charge in [-0.3, -0.25) is 4.99 Å². The highest BCUT2D eigenvalue weighted by molar-refractivity contribution is 14.0. The Bertz CT molecular complexity index is 794. The number of guanidine groups is 1. The monoisotopic (exact) mass is 465 g/mol. The number of rotatable bonds is 3. The number of hydrogen-bond donors (Lipinski definition) is 2. The van der Waals surface area contributed by atoms with Gasteiger partial charge in [0.25, 0.3) is 0 Å². The zero-order valence-electron chi connectivity index (χ0n) is 14.6. The number of nitrogens with two attached hydrogens (primary N) is 1. The summed E-state index contributed by atoms with van der Waals surface area (Å²) in [5.41, 5.74) is 9.79. The predicted molar refractivity (Wildman–Crippen MR) is 115 cm³/mol. The number of anilines is 1. The molecule has 0 bridgehead atoms. The molecule has 1 aliphatic carbocycles. The third-order valence-corrected chi connectivity index (χ3v) is 4.76. The summed E-state index contributed by atoms with van der Waals surface area (Å²) in [5, 5.41) is 3.15. The Morgan fingerprint density at radius 3 is 2.81 bits per heavy atom. The van der Waals surface area contributed by atoms with Gasteiger partial charge >= 0.3 is 0 Å². The minimum absolute atomic E-state index is 0. The summed E-state index contributed by atoms with van der Waals surface area (Å²) in [6.07, 6.45) is 3.16. The van der Waals surface area contributed by atoms with Crippen LogP contribution >= 0.6 is 24.0 Å². The topological polar surface area (TPSA) is 68.9 Å². The zero-order valence-corrected chi connectivity index (χ0v) is 16.9. The quantitative estimate of drug-likeness (QED) is 0.410. The van der Waals surface area contributed by atoms with E-state index in [1.807, 2.05) is 18.2 Å². The Labute approximate surface area is 171 Å². The minimum Gasteiger partial charge on any atom is -0.490 e. The molecule has 3 N–H and O–H groups in total. The number of benzene rings is 2. The first kappa shape index (κ1) is 18.8. The lowest BCUT2D eigenvalue weighted by atomic mass is 10.0. The molecule has 1 unspecified atom stereocenters. The van der Waals surface area contributed by atoms with Crippen molar-refractivity contribution in [2.24, 2.45) is 10.7 Å². The average Bonchev–Trinajstić information content (AvgIpc) is 2.89. The molecule has 0 saturated carbocycles. The van der Waals surface area contributed by atoms with Gasteiger partial charge in [-0.25, -0.2) is 0 Å². The number of hydrogen-bond acceptors (Lipinski definition) is 3. The standard InChI is InChI=1S/C20H23N3O2.HI/c21-20(22-13-15-7-6-14-4-1-2-5-17(14)15)23-16-8-9-18-19(12-16)25-11-3-10-24-18;/h1-2,4-5,8-9,12,15H,3,6-7,10-11,13H2,(H3,21,22,23);1H. The largest absolute Gasteiger partial charge is 0.490 e. The number of ether oxygens (including phenoxy) is 2. The molecule has 4 rings (SSSR count). The second kappa shape index (κ2) is 8.62. The van der Waals surface area contributed by atoms with Crippen LogP contribution in [0.2, 0.25) is 0 Å². The van der Waals surface area contributed by atoms with Crippen molar-refractivity contribution >= 4 is 35.6 Å². The van der Waals surface area contributed by atoms with Crippen LogP contribution in [0.4, 0.5) is 5.69 Å². The summed E-state index contributed by atoms with van der Waals surface area (Å²) in [7, 11) is 0. The van der Waals surface area contributed by atoms with Crippen LogP contribution in [-0.2, 0) is 6.42 Å². The molecular weight excluding hydrogens is 441 g/mol. The maximum atomic E-state index is 6.08. The molecule has 2 aliphatic rings. The van der Waals surface area contributed by atoms with Crippen LogP contribution in [0.25, 0.3) is 0 Å². The molecule has 6 heteroatoms. The first-order valence-corrected chi connectivity index (χ1v) is 8.84. The first-order valence-electron chi connectivity index (χ1n) is 8.84. The molecule has 26 heavy (non-hydrogen) atoms. The summed E-state index contributed by atoms with van der Waals surface area (Å²) < 4.78 is 11.3. The molecule has 5 nitrogen and oxygen atoms in total. The number of halogens is 1. The van der Waals surface area contributed by atoms with Gasteiger partial charge in [-0.2, -0.15) is 0 Å². The zero-order chi connectivity index (χ0) is 17.1. The van der Waals surface area contributed by atoms with Crippen LogP contribution in [0.5, 0.6) is 11.5 Å². The van der Waals surface area contributed by atoms with Crippen molar-refractivity contribution in [3.05, 3.63) is 53.6 Å². The molecule has 0 saturated heterocycles. The van der Waals surface area contributed by atoms with Gasteiger partial charge in [0.15, 0.2) is 17.5 Å². The SMILES string of the molecule is I.NC(=NCC1CCc2ccccc21)Nc1ccc2c(c1)OCCCO2. The average molecular weight is 465 g/mol. The van der Waals surface area contributed by atoms with Crippen LogP contribution < -0.4 is 20.5 Å². The lowest BCUT2D eigenvalue weighted by molar-refractivity contribution is 0.297. The first-order chi connectivity index (χ1) is 12.3. The minimum atomic E-state index is 0. The molecule has 1 heterocycles.